The summed E-state index contributed by atoms with van der Waals surface area (Å²) in [5.41, 5.74) is 0.750. The Bertz CT molecular complexity index is 649. The number of aryl methyl sites for hydroxylation is 1. The molecule has 0 saturated carbocycles. The van der Waals surface area contributed by atoms with Gasteiger partial charge in [-0.3, -0.25) is 0 Å². The van der Waals surface area contributed by atoms with E-state index in [9.17, 15) is 9.90 Å². The lowest BCUT2D eigenvalue weighted by Gasteiger charge is -2.03. The summed E-state index contributed by atoms with van der Waals surface area (Å²) in [5.74, 6) is 0.0831. The van der Waals surface area contributed by atoms with Crippen molar-refractivity contribution in [3.63, 3.8) is 0 Å². The second kappa shape index (κ2) is 6.94. The minimum atomic E-state index is -1.05. The molecule has 0 fully saturated rings. The molecule has 1 N–H and O–H groups in total. The Morgan fingerprint density at radius 3 is 2.62 bits per heavy atom. The Morgan fingerprint density at radius 1 is 1.38 bits per heavy atom. The molecule has 6 nitrogen and oxygen atoms in total. The third kappa shape index (κ3) is 4.35. The molecule has 0 saturated heterocycles. The predicted octanol–water partition coefficient (Wildman–Crippen LogP) is 2.99. The van der Waals surface area contributed by atoms with Crippen LogP contribution in [0.1, 0.15) is 18.4 Å². The molecule has 0 unspecified atom stereocenters. The van der Waals surface area contributed by atoms with Crippen molar-refractivity contribution in [2.45, 2.75) is 19.1 Å². The topological polar surface area (TPSA) is 85.5 Å². The zero-order valence-electron chi connectivity index (χ0n) is 11.6. The van der Waals surface area contributed by atoms with Crippen molar-refractivity contribution in [3.8, 4) is 5.75 Å². The number of ether oxygens (including phenoxy) is 1. The molecule has 2 aromatic rings. The zero-order valence-corrected chi connectivity index (χ0v) is 12.4. The van der Waals surface area contributed by atoms with Gasteiger partial charge in [0, 0.05) is 6.92 Å². The fraction of sp³-hybridized carbons (Fsp3) is 0.214. The predicted molar refractivity (Wildman–Crippen MR) is 78.1 cm³/mol. The third-order valence-electron chi connectivity index (χ3n) is 2.40. The van der Waals surface area contributed by atoms with Gasteiger partial charge in [0.05, 0.1) is 6.61 Å². The molecule has 2 rings (SSSR count). The number of aliphatic carboxylic acids is 1. The number of rotatable bonds is 6. The highest BCUT2D eigenvalue weighted by Gasteiger charge is 2.14. The first kappa shape index (κ1) is 15.1. The Hall–Kier alpha value is -2.28. The average molecular weight is 306 g/mol. The Balaban J connectivity index is 2.18. The lowest BCUT2D eigenvalue weighted by Crippen LogP contribution is -1.97. The van der Waals surface area contributed by atoms with Crippen molar-refractivity contribution in [2.75, 3.05) is 6.61 Å². The van der Waals surface area contributed by atoms with Crippen LogP contribution in [0.4, 0.5) is 0 Å². The first-order valence-corrected chi connectivity index (χ1v) is 7.06. The van der Waals surface area contributed by atoms with Crippen LogP contribution in [0.25, 0.3) is 6.08 Å². The SMILES string of the molecule is CCOc1ccc(/C=C(\Sc2nnc(C)o2)C(=O)O)cc1. The normalized spacial score (nSPS) is 11.4. The van der Waals surface area contributed by atoms with Gasteiger partial charge in [0.15, 0.2) is 0 Å². The van der Waals surface area contributed by atoms with Crippen molar-refractivity contribution >= 4 is 23.8 Å². The molecule has 1 aromatic carbocycles. The number of carboxylic acid groups (broad SMARTS) is 1. The number of carboxylic acids is 1. The summed E-state index contributed by atoms with van der Waals surface area (Å²) >= 11 is 0.917. The quantitative estimate of drug-likeness (QED) is 0.648. The van der Waals surface area contributed by atoms with E-state index in [1.165, 1.54) is 0 Å². The van der Waals surface area contributed by atoms with E-state index in [4.69, 9.17) is 9.15 Å². The van der Waals surface area contributed by atoms with Gasteiger partial charge in [0.25, 0.3) is 5.22 Å². The van der Waals surface area contributed by atoms with Crippen LogP contribution in [0.5, 0.6) is 5.75 Å². The molecule has 0 spiro atoms. The molecule has 7 heteroatoms. The van der Waals surface area contributed by atoms with Crippen LogP contribution in [0.3, 0.4) is 0 Å². The maximum atomic E-state index is 11.3. The van der Waals surface area contributed by atoms with Gasteiger partial charge >= 0.3 is 5.97 Å². The molecule has 0 radical (unpaired) electrons. The van der Waals surface area contributed by atoms with Crippen LogP contribution >= 0.6 is 11.8 Å². The van der Waals surface area contributed by atoms with Gasteiger partial charge in [0.1, 0.15) is 10.7 Å². The molecule has 1 heterocycles. The second-order valence-electron chi connectivity index (χ2n) is 4.00. The van der Waals surface area contributed by atoms with Gasteiger partial charge in [0.2, 0.25) is 5.89 Å². The number of hydrogen-bond donors (Lipinski definition) is 1. The molecular formula is C14H14N2O4S. The Kier molecular flexibility index (Phi) is 4.99. The lowest BCUT2D eigenvalue weighted by molar-refractivity contribution is -0.131. The van der Waals surface area contributed by atoms with Gasteiger partial charge in [-0.05, 0) is 42.5 Å². The van der Waals surface area contributed by atoms with E-state index in [0.717, 1.165) is 23.1 Å². The molecule has 21 heavy (non-hydrogen) atoms. The first-order valence-electron chi connectivity index (χ1n) is 6.24. The maximum absolute atomic E-state index is 11.3. The highest BCUT2D eigenvalue weighted by molar-refractivity contribution is 8.03. The van der Waals surface area contributed by atoms with E-state index < -0.39 is 5.97 Å². The van der Waals surface area contributed by atoms with Gasteiger partial charge in [-0.25, -0.2) is 4.79 Å². The number of hydrogen-bond acceptors (Lipinski definition) is 6. The molecule has 0 amide bonds. The summed E-state index contributed by atoms with van der Waals surface area (Å²) in [6.45, 7) is 4.13. The molecule has 0 aliphatic heterocycles. The van der Waals surface area contributed by atoms with Crippen molar-refractivity contribution in [3.05, 3.63) is 40.6 Å². The lowest BCUT2D eigenvalue weighted by atomic mass is 10.2. The highest BCUT2D eigenvalue weighted by atomic mass is 32.2. The van der Waals surface area contributed by atoms with Gasteiger partial charge < -0.3 is 14.3 Å². The number of nitrogens with zero attached hydrogens (tertiary/aromatic N) is 2. The molecule has 0 bridgehead atoms. The number of thioether (sulfide) groups is 1. The third-order valence-corrected chi connectivity index (χ3v) is 3.26. The van der Waals surface area contributed by atoms with Gasteiger partial charge in [-0.15, -0.1) is 10.2 Å². The van der Waals surface area contributed by atoms with Crippen molar-refractivity contribution in [1.29, 1.82) is 0 Å². The van der Waals surface area contributed by atoms with Crippen LogP contribution in [-0.4, -0.2) is 27.9 Å². The fourth-order valence-corrected chi connectivity index (χ4v) is 2.24. The second-order valence-corrected chi connectivity index (χ2v) is 5.00. The van der Waals surface area contributed by atoms with Crippen molar-refractivity contribution in [1.82, 2.24) is 10.2 Å². The monoisotopic (exact) mass is 306 g/mol. The molecule has 1 aromatic heterocycles. The molecule has 0 aliphatic rings. The highest BCUT2D eigenvalue weighted by Crippen LogP contribution is 2.27. The zero-order chi connectivity index (χ0) is 15.2. The summed E-state index contributed by atoms with van der Waals surface area (Å²) in [7, 11) is 0. The van der Waals surface area contributed by atoms with E-state index in [0.29, 0.717) is 12.5 Å². The Labute approximate surface area is 125 Å². The Morgan fingerprint density at radius 2 is 2.10 bits per heavy atom. The van der Waals surface area contributed by atoms with E-state index >= 15 is 0 Å². The first-order chi connectivity index (χ1) is 10.1. The van der Waals surface area contributed by atoms with Gasteiger partial charge in [-0.2, -0.15) is 0 Å². The van der Waals surface area contributed by atoms with Crippen LogP contribution in [0.15, 0.2) is 38.8 Å². The van der Waals surface area contributed by atoms with E-state index in [1.807, 2.05) is 6.92 Å². The minimum absolute atomic E-state index is 0.0998. The smallest absolute Gasteiger partial charge is 0.342 e. The molecule has 0 atom stereocenters. The summed E-state index contributed by atoms with van der Waals surface area (Å²) in [6.07, 6.45) is 1.54. The molecule has 110 valence electrons. The fourth-order valence-electron chi connectivity index (χ4n) is 1.53. The van der Waals surface area contributed by atoms with Crippen LogP contribution < -0.4 is 4.74 Å². The molecular weight excluding hydrogens is 292 g/mol. The van der Waals surface area contributed by atoms with Crippen molar-refractivity contribution < 1.29 is 19.1 Å². The van der Waals surface area contributed by atoms with Gasteiger partial charge in [-0.1, -0.05) is 12.1 Å². The van der Waals surface area contributed by atoms with Crippen molar-refractivity contribution in [2.24, 2.45) is 0 Å². The summed E-state index contributed by atoms with van der Waals surface area (Å²) in [4.78, 5) is 11.4. The summed E-state index contributed by atoms with van der Waals surface area (Å²) in [6, 6.07) is 7.15. The number of carbonyl (C=O) groups is 1. The maximum Gasteiger partial charge on any atom is 0.342 e. The van der Waals surface area contributed by atoms with E-state index in [2.05, 4.69) is 10.2 Å². The van der Waals surface area contributed by atoms with E-state index in [-0.39, 0.29) is 10.1 Å². The van der Waals surface area contributed by atoms with E-state index in [1.54, 1.807) is 37.3 Å². The van der Waals surface area contributed by atoms with Crippen LogP contribution in [0, 0.1) is 6.92 Å². The molecule has 0 aliphatic carbocycles. The average Bonchev–Trinajstić information content (AvgIpc) is 2.86. The summed E-state index contributed by atoms with van der Waals surface area (Å²) in [5, 5.41) is 16.9. The number of benzene rings is 1. The standard InChI is InChI=1S/C14H14N2O4S/c1-3-19-11-6-4-10(5-7-11)8-12(13(17)18)21-14-16-15-9(2)20-14/h4-8H,3H2,1-2H3,(H,17,18)/b12-8-. The summed E-state index contributed by atoms with van der Waals surface area (Å²) < 4.78 is 10.5. The van der Waals surface area contributed by atoms with Crippen LogP contribution in [-0.2, 0) is 4.79 Å². The minimum Gasteiger partial charge on any atom is -0.494 e. The van der Waals surface area contributed by atoms with Crippen LogP contribution in [0.2, 0.25) is 0 Å². The number of aromatic nitrogens is 2. The largest absolute Gasteiger partial charge is 0.494 e.